The van der Waals surface area contributed by atoms with Crippen LogP contribution >= 0.6 is 0 Å². The smallest absolute Gasteiger partial charge is 0.317 e. The van der Waals surface area contributed by atoms with Gasteiger partial charge in [-0.3, -0.25) is 0 Å². The first-order chi connectivity index (χ1) is 7.31. The van der Waals surface area contributed by atoms with E-state index >= 15 is 0 Å². The number of rotatable bonds is 2. The molecule has 1 aliphatic carbocycles. The van der Waals surface area contributed by atoms with Crippen molar-refractivity contribution in [1.29, 1.82) is 0 Å². The summed E-state index contributed by atoms with van der Waals surface area (Å²) in [7, 11) is 0. The van der Waals surface area contributed by atoms with E-state index in [0.717, 1.165) is 38.6 Å². The molecule has 1 unspecified atom stereocenters. The Labute approximate surface area is 90.6 Å². The SMILES string of the molecule is O=C(NC1CC1)N1CCCCCC1CO. The van der Waals surface area contributed by atoms with Crippen molar-refractivity contribution in [1.82, 2.24) is 10.2 Å². The first-order valence-corrected chi connectivity index (χ1v) is 5.99. The van der Waals surface area contributed by atoms with Gasteiger partial charge in [-0.05, 0) is 25.7 Å². The van der Waals surface area contributed by atoms with Crippen molar-refractivity contribution >= 4 is 6.03 Å². The lowest BCUT2D eigenvalue weighted by Crippen LogP contribution is -2.48. The summed E-state index contributed by atoms with van der Waals surface area (Å²) in [4.78, 5) is 13.7. The highest BCUT2D eigenvalue weighted by Gasteiger charge is 2.29. The highest BCUT2D eigenvalue weighted by Crippen LogP contribution is 2.21. The third-order valence-corrected chi connectivity index (χ3v) is 3.25. The second-order valence-corrected chi connectivity index (χ2v) is 4.60. The lowest BCUT2D eigenvalue weighted by molar-refractivity contribution is 0.133. The fourth-order valence-corrected chi connectivity index (χ4v) is 2.12. The Morgan fingerprint density at radius 2 is 2.07 bits per heavy atom. The van der Waals surface area contributed by atoms with Gasteiger partial charge in [-0.25, -0.2) is 4.79 Å². The Morgan fingerprint density at radius 1 is 1.27 bits per heavy atom. The van der Waals surface area contributed by atoms with Crippen molar-refractivity contribution in [2.24, 2.45) is 0 Å². The second-order valence-electron chi connectivity index (χ2n) is 4.60. The minimum absolute atomic E-state index is 0.0263. The van der Waals surface area contributed by atoms with Crippen LogP contribution in [0.3, 0.4) is 0 Å². The van der Waals surface area contributed by atoms with Gasteiger partial charge in [0, 0.05) is 12.6 Å². The number of hydrogen-bond donors (Lipinski definition) is 2. The molecule has 4 nitrogen and oxygen atoms in total. The Bertz CT molecular complexity index is 229. The van der Waals surface area contributed by atoms with Gasteiger partial charge in [0.05, 0.1) is 12.6 Å². The van der Waals surface area contributed by atoms with Gasteiger partial charge in [-0.1, -0.05) is 12.8 Å². The Morgan fingerprint density at radius 3 is 2.73 bits per heavy atom. The van der Waals surface area contributed by atoms with Gasteiger partial charge < -0.3 is 15.3 Å². The lowest BCUT2D eigenvalue weighted by atomic mass is 10.1. The van der Waals surface area contributed by atoms with Crippen molar-refractivity contribution in [3.8, 4) is 0 Å². The van der Waals surface area contributed by atoms with Crippen molar-refractivity contribution < 1.29 is 9.90 Å². The van der Waals surface area contributed by atoms with Gasteiger partial charge in [0.15, 0.2) is 0 Å². The lowest BCUT2D eigenvalue weighted by Gasteiger charge is -2.28. The summed E-state index contributed by atoms with van der Waals surface area (Å²) in [5, 5.41) is 12.3. The van der Waals surface area contributed by atoms with E-state index in [1.165, 1.54) is 6.42 Å². The van der Waals surface area contributed by atoms with E-state index in [2.05, 4.69) is 5.32 Å². The van der Waals surface area contributed by atoms with Crippen LogP contribution in [0.4, 0.5) is 4.79 Å². The molecular formula is C11H20N2O2. The molecule has 1 heterocycles. The van der Waals surface area contributed by atoms with Gasteiger partial charge in [0.2, 0.25) is 0 Å². The van der Waals surface area contributed by atoms with Crippen molar-refractivity contribution in [3.63, 3.8) is 0 Å². The van der Waals surface area contributed by atoms with E-state index < -0.39 is 0 Å². The van der Waals surface area contributed by atoms with Crippen LogP contribution in [0.25, 0.3) is 0 Å². The summed E-state index contributed by atoms with van der Waals surface area (Å²) in [6.07, 6.45) is 6.53. The summed E-state index contributed by atoms with van der Waals surface area (Å²) >= 11 is 0. The number of aliphatic hydroxyl groups is 1. The fourth-order valence-electron chi connectivity index (χ4n) is 2.12. The van der Waals surface area contributed by atoms with Crippen LogP contribution in [-0.4, -0.2) is 41.3 Å². The van der Waals surface area contributed by atoms with Gasteiger partial charge in [0.1, 0.15) is 0 Å². The zero-order valence-electron chi connectivity index (χ0n) is 9.11. The zero-order chi connectivity index (χ0) is 10.7. The van der Waals surface area contributed by atoms with Gasteiger partial charge in [-0.15, -0.1) is 0 Å². The molecule has 1 aliphatic heterocycles. The van der Waals surface area contributed by atoms with Gasteiger partial charge in [0.25, 0.3) is 0 Å². The molecule has 0 spiro atoms. The second kappa shape index (κ2) is 4.84. The summed E-state index contributed by atoms with van der Waals surface area (Å²) in [6.45, 7) is 0.891. The molecule has 2 aliphatic rings. The number of nitrogens with zero attached hydrogens (tertiary/aromatic N) is 1. The number of hydrogen-bond acceptors (Lipinski definition) is 2. The minimum atomic E-state index is 0.0263. The quantitative estimate of drug-likeness (QED) is 0.720. The molecule has 86 valence electrons. The molecule has 1 saturated carbocycles. The van der Waals surface area contributed by atoms with Crippen LogP contribution in [0, 0.1) is 0 Å². The van der Waals surface area contributed by atoms with Crippen molar-refractivity contribution in [2.45, 2.75) is 50.6 Å². The molecule has 0 aromatic heterocycles. The van der Waals surface area contributed by atoms with Gasteiger partial charge >= 0.3 is 6.03 Å². The van der Waals surface area contributed by atoms with Crippen LogP contribution in [0.5, 0.6) is 0 Å². The molecular weight excluding hydrogens is 192 g/mol. The first-order valence-electron chi connectivity index (χ1n) is 5.99. The van der Waals surface area contributed by atoms with E-state index in [9.17, 15) is 9.90 Å². The first kappa shape index (κ1) is 10.7. The predicted octanol–water partition coefficient (Wildman–Crippen LogP) is 1.10. The van der Waals surface area contributed by atoms with E-state index in [4.69, 9.17) is 0 Å². The number of carbonyl (C=O) groups excluding carboxylic acids is 1. The number of nitrogens with one attached hydrogen (secondary N) is 1. The maximum absolute atomic E-state index is 11.9. The van der Waals surface area contributed by atoms with E-state index in [1.807, 2.05) is 4.90 Å². The molecule has 2 N–H and O–H groups in total. The minimum Gasteiger partial charge on any atom is -0.394 e. The van der Waals surface area contributed by atoms with E-state index in [0.29, 0.717) is 6.04 Å². The maximum Gasteiger partial charge on any atom is 0.317 e. The predicted molar refractivity (Wildman–Crippen MR) is 57.6 cm³/mol. The topological polar surface area (TPSA) is 52.6 Å². The Kier molecular flexibility index (Phi) is 3.46. The van der Waals surface area contributed by atoms with E-state index in [-0.39, 0.29) is 18.7 Å². The third-order valence-electron chi connectivity index (χ3n) is 3.25. The molecule has 0 aromatic rings. The molecule has 1 atom stereocenters. The summed E-state index contributed by atoms with van der Waals surface area (Å²) in [5.74, 6) is 0. The van der Waals surface area contributed by atoms with Crippen molar-refractivity contribution in [2.75, 3.05) is 13.2 Å². The molecule has 4 heteroatoms. The average Bonchev–Trinajstić information content (AvgIpc) is 3.02. The number of urea groups is 1. The number of amides is 2. The summed E-state index contributed by atoms with van der Waals surface area (Å²) in [6, 6.07) is 0.463. The van der Waals surface area contributed by atoms with Crippen LogP contribution in [-0.2, 0) is 0 Å². The standard InChI is InChI=1S/C11H20N2O2/c14-8-10-4-2-1-3-7-13(10)11(15)12-9-5-6-9/h9-10,14H,1-8H2,(H,12,15). The van der Waals surface area contributed by atoms with Crippen LogP contribution in [0.15, 0.2) is 0 Å². The molecule has 0 aromatic carbocycles. The van der Waals surface area contributed by atoms with Crippen LogP contribution in [0.2, 0.25) is 0 Å². The molecule has 15 heavy (non-hydrogen) atoms. The number of aliphatic hydroxyl groups excluding tert-OH is 1. The maximum atomic E-state index is 11.9. The Hall–Kier alpha value is -0.770. The molecule has 2 fully saturated rings. The van der Waals surface area contributed by atoms with E-state index in [1.54, 1.807) is 0 Å². The molecule has 2 amide bonds. The van der Waals surface area contributed by atoms with Gasteiger partial charge in [-0.2, -0.15) is 0 Å². The summed E-state index contributed by atoms with van der Waals surface area (Å²) < 4.78 is 0. The molecule has 0 radical (unpaired) electrons. The number of carbonyl (C=O) groups is 1. The molecule has 1 saturated heterocycles. The van der Waals surface area contributed by atoms with Crippen molar-refractivity contribution in [3.05, 3.63) is 0 Å². The van der Waals surface area contributed by atoms with Crippen LogP contribution < -0.4 is 5.32 Å². The normalized spacial score (nSPS) is 27.3. The average molecular weight is 212 g/mol. The molecule has 2 rings (SSSR count). The van der Waals surface area contributed by atoms with Crippen LogP contribution in [0.1, 0.15) is 38.5 Å². The fraction of sp³-hybridized carbons (Fsp3) is 0.909. The zero-order valence-corrected chi connectivity index (χ0v) is 9.11. The monoisotopic (exact) mass is 212 g/mol. The highest BCUT2D eigenvalue weighted by molar-refractivity contribution is 5.75. The summed E-state index contributed by atoms with van der Waals surface area (Å²) in [5.41, 5.74) is 0. The highest BCUT2D eigenvalue weighted by atomic mass is 16.3. The molecule has 0 bridgehead atoms. The Balaban J connectivity index is 1.91. The largest absolute Gasteiger partial charge is 0.394 e. The third kappa shape index (κ3) is 2.84. The number of likely N-dealkylation sites (tertiary alicyclic amines) is 1.